The quantitative estimate of drug-likeness (QED) is 0.648. The highest BCUT2D eigenvalue weighted by molar-refractivity contribution is 5.26. The summed E-state index contributed by atoms with van der Waals surface area (Å²) in [6, 6.07) is 9.79. The van der Waals surface area contributed by atoms with Crippen molar-refractivity contribution in [3.63, 3.8) is 0 Å². The van der Waals surface area contributed by atoms with Crippen LogP contribution in [0.3, 0.4) is 0 Å². The molecule has 2 rings (SSSR count). The van der Waals surface area contributed by atoms with Gasteiger partial charge in [-0.3, -0.25) is 0 Å². The lowest BCUT2D eigenvalue weighted by Gasteiger charge is -2.11. The van der Waals surface area contributed by atoms with Gasteiger partial charge in [0.05, 0.1) is 0 Å². The van der Waals surface area contributed by atoms with Gasteiger partial charge in [-0.1, -0.05) is 63.3 Å². The Morgan fingerprint density at radius 3 is 2.30 bits per heavy atom. The molecule has 0 unspecified atom stereocenters. The second-order valence-corrected chi connectivity index (χ2v) is 6.53. The summed E-state index contributed by atoms with van der Waals surface area (Å²) in [4.78, 5) is 0. The van der Waals surface area contributed by atoms with Gasteiger partial charge in [0, 0.05) is 6.04 Å². The molecule has 1 aliphatic carbocycles. The van der Waals surface area contributed by atoms with Crippen molar-refractivity contribution in [3.8, 4) is 0 Å². The van der Waals surface area contributed by atoms with Crippen molar-refractivity contribution in [1.29, 1.82) is 0 Å². The first-order valence-electron chi connectivity index (χ1n) is 8.64. The van der Waals surface area contributed by atoms with Crippen molar-refractivity contribution >= 4 is 0 Å². The molecule has 0 amide bonds. The van der Waals surface area contributed by atoms with E-state index in [2.05, 4.69) is 31.2 Å². The molecule has 2 atom stereocenters. The molecule has 0 spiro atoms. The van der Waals surface area contributed by atoms with Crippen LogP contribution in [-0.4, -0.2) is 6.04 Å². The first kappa shape index (κ1) is 15.6. The number of benzene rings is 1. The summed E-state index contributed by atoms with van der Waals surface area (Å²) in [6.07, 6.45) is 13.2. The van der Waals surface area contributed by atoms with Gasteiger partial charge in [0.1, 0.15) is 0 Å². The van der Waals surface area contributed by atoms with Gasteiger partial charge in [-0.05, 0) is 49.1 Å². The summed E-state index contributed by atoms with van der Waals surface area (Å²) in [5, 5.41) is 0. The predicted molar refractivity (Wildman–Crippen MR) is 88.1 cm³/mol. The monoisotopic (exact) mass is 273 g/mol. The van der Waals surface area contributed by atoms with Crippen molar-refractivity contribution in [1.82, 2.24) is 0 Å². The SMILES string of the molecule is CCCCCCCCc1ccc([C@@H]2CC[C@H](N)C2)cc1. The van der Waals surface area contributed by atoms with Crippen molar-refractivity contribution in [3.05, 3.63) is 35.4 Å². The van der Waals surface area contributed by atoms with E-state index in [-0.39, 0.29) is 0 Å². The van der Waals surface area contributed by atoms with Gasteiger partial charge < -0.3 is 5.73 Å². The molecule has 1 fully saturated rings. The topological polar surface area (TPSA) is 26.0 Å². The Labute approximate surface area is 125 Å². The van der Waals surface area contributed by atoms with Crippen LogP contribution in [0, 0.1) is 0 Å². The second-order valence-electron chi connectivity index (χ2n) is 6.53. The van der Waals surface area contributed by atoms with Crippen molar-refractivity contribution in [2.75, 3.05) is 0 Å². The molecule has 1 aromatic rings. The maximum atomic E-state index is 6.01. The van der Waals surface area contributed by atoms with Gasteiger partial charge in [-0.2, -0.15) is 0 Å². The third kappa shape index (κ3) is 4.94. The number of unbranched alkanes of at least 4 members (excludes halogenated alkanes) is 5. The molecular weight excluding hydrogens is 242 g/mol. The minimum atomic E-state index is 0.433. The Kier molecular flexibility index (Phi) is 6.59. The van der Waals surface area contributed by atoms with Crippen LogP contribution in [0.4, 0.5) is 0 Å². The average molecular weight is 273 g/mol. The molecule has 1 saturated carbocycles. The Hall–Kier alpha value is -0.820. The molecular formula is C19H31N. The highest BCUT2D eigenvalue weighted by Gasteiger charge is 2.22. The summed E-state index contributed by atoms with van der Waals surface area (Å²) < 4.78 is 0. The standard InChI is InChI=1S/C19H31N/c1-2-3-4-5-6-7-8-16-9-11-17(12-10-16)18-13-14-19(20)15-18/h9-12,18-19H,2-8,13-15,20H2,1H3/t18-,19+/m1/s1. The van der Waals surface area contributed by atoms with Gasteiger partial charge in [0.25, 0.3) is 0 Å². The van der Waals surface area contributed by atoms with E-state index in [1.165, 1.54) is 75.3 Å². The number of aryl methyl sites for hydroxylation is 1. The van der Waals surface area contributed by atoms with E-state index in [1.54, 1.807) is 0 Å². The van der Waals surface area contributed by atoms with E-state index in [1.807, 2.05) is 0 Å². The molecule has 0 heterocycles. The van der Waals surface area contributed by atoms with Crippen molar-refractivity contribution in [2.45, 2.75) is 83.1 Å². The zero-order chi connectivity index (χ0) is 14.2. The molecule has 20 heavy (non-hydrogen) atoms. The van der Waals surface area contributed by atoms with E-state index in [4.69, 9.17) is 5.73 Å². The molecule has 0 radical (unpaired) electrons. The minimum Gasteiger partial charge on any atom is -0.328 e. The van der Waals surface area contributed by atoms with Crippen LogP contribution in [0.25, 0.3) is 0 Å². The first-order chi connectivity index (χ1) is 9.79. The summed E-state index contributed by atoms with van der Waals surface area (Å²) >= 11 is 0. The van der Waals surface area contributed by atoms with Gasteiger partial charge in [0.2, 0.25) is 0 Å². The maximum Gasteiger partial charge on any atom is 0.00448 e. The summed E-state index contributed by atoms with van der Waals surface area (Å²) in [6.45, 7) is 2.28. The Bertz CT molecular complexity index is 368. The van der Waals surface area contributed by atoms with Crippen LogP contribution in [0.5, 0.6) is 0 Å². The van der Waals surface area contributed by atoms with Gasteiger partial charge in [-0.25, -0.2) is 0 Å². The number of hydrogen-bond acceptors (Lipinski definition) is 1. The highest BCUT2D eigenvalue weighted by Crippen LogP contribution is 2.33. The van der Waals surface area contributed by atoms with E-state index < -0.39 is 0 Å². The molecule has 0 bridgehead atoms. The summed E-state index contributed by atoms with van der Waals surface area (Å²) in [5.41, 5.74) is 9.02. The molecule has 1 aromatic carbocycles. The van der Waals surface area contributed by atoms with Crippen molar-refractivity contribution < 1.29 is 0 Å². The molecule has 1 nitrogen and oxygen atoms in total. The molecule has 0 saturated heterocycles. The Morgan fingerprint density at radius 1 is 0.950 bits per heavy atom. The third-order valence-electron chi connectivity index (χ3n) is 4.74. The van der Waals surface area contributed by atoms with Crippen LogP contribution < -0.4 is 5.73 Å². The lowest BCUT2D eigenvalue weighted by molar-refractivity contribution is 0.607. The smallest absolute Gasteiger partial charge is 0.00448 e. The zero-order valence-electron chi connectivity index (χ0n) is 13.1. The van der Waals surface area contributed by atoms with E-state index in [9.17, 15) is 0 Å². The lowest BCUT2D eigenvalue weighted by Crippen LogP contribution is -2.14. The summed E-state index contributed by atoms with van der Waals surface area (Å²) in [5.74, 6) is 0.716. The van der Waals surface area contributed by atoms with Crippen LogP contribution >= 0.6 is 0 Å². The Balaban J connectivity index is 1.69. The molecule has 112 valence electrons. The lowest BCUT2D eigenvalue weighted by atomic mass is 9.95. The minimum absolute atomic E-state index is 0.433. The van der Waals surface area contributed by atoms with Crippen LogP contribution in [0.2, 0.25) is 0 Å². The average Bonchev–Trinajstić information content (AvgIpc) is 2.90. The van der Waals surface area contributed by atoms with Gasteiger partial charge in [0.15, 0.2) is 0 Å². The second kappa shape index (κ2) is 8.46. The maximum absolute atomic E-state index is 6.01. The number of hydrogen-bond donors (Lipinski definition) is 1. The fourth-order valence-corrected chi connectivity index (χ4v) is 3.39. The third-order valence-corrected chi connectivity index (χ3v) is 4.74. The number of nitrogens with two attached hydrogens (primary N) is 1. The molecule has 1 heteroatoms. The first-order valence-corrected chi connectivity index (χ1v) is 8.64. The van der Waals surface area contributed by atoms with Gasteiger partial charge >= 0.3 is 0 Å². The largest absolute Gasteiger partial charge is 0.328 e. The van der Waals surface area contributed by atoms with E-state index in [0.717, 1.165) is 0 Å². The number of rotatable bonds is 8. The van der Waals surface area contributed by atoms with E-state index >= 15 is 0 Å². The summed E-state index contributed by atoms with van der Waals surface area (Å²) in [7, 11) is 0. The molecule has 0 aromatic heterocycles. The highest BCUT2D eigenvalue weighted by atomic mass is 14.6. The normalized spacial score (nSPS) is 22.3. The molecule has 0 aliphatic heterocycles. The van der Waals surface area contributed by atoms with Crippen LogP contribution in [-0.2, 0) is 6.42 Å². The van der Waals surface area contributed by atoms with Crippen LogP contribution in [0.15, 0.2) is 24.3 Å². The molecule has 2 N–H and O–H groups in total. The predicted octanol–water partition coefficient (Wildman–Crippen LogP) is 5.18. The van der Waals surface area contributed by atoms with E-state index in [0.29, 0.717) is 12.0 Å². The fourth-order valence-electron chi connectivity index (χ4n) is 3.39. The fraction of sp³-hybridized carbons (Fsp3) is 0.684. The van der Waals surface area contributed by atoms with Crippen molar-refractivity contribution in [2.24, 2.45) is 5.73 Å². The van der Waals surface area contributed by atoms with Gasteiger partial charge in [-0.15, -0.1) is 0 Å². The van der Waals surface area contributed by atoms with Crippen LogP contribution in [0.1, 0.15) is 81.8 Å². The Morgan fingerprint density at radius 2 is 1.65 bits per heavy atom. The molecule has 1 aliphatic rings. The zero-order valence-corrected chi connectivity index (χ0v) is 13.1.